The van der Waals surface area contributed by atoms with Gasteiger partial charge in [0.25, 0.3) is 0 Å². The summed E-state index contributed by atoms with van der Waals surface area (Å²) in [6.07, 6.45) is 3.18. The van der Waals surface area contributed by atoms with Crippen LogP contribution in [-0.2, 0) is 11.2 Å². The molecule has 1 aliphatic heterocycles. The number of nitrogens with one attached hydrogen (secondary N) is 1. The van der Waals surface area contributed by atoms with Crippen molar-refractivity contribution in [2.75, 3.05) is 18.5 Å². The maximum Gasteiger partial charge on any atom is 0.202 e. The fourth-order valence-corrected chi connectivity index (χ4v) is 2.35. The average Bonchev–Trinajstić information content (AvgIpc) is 2.84. The van der Waals surface area contributed by atoms with E-state index in [1.807, 2.05) is 0 Å². The first-order valence-electron chi connectivity index (χ1n) is 5.42. The second kappa shape index (κ2) is 4.45. The van der Waals surface area contributed by atoms with E-state index < -0.39 is 0 Å². The van der Waals surface area contributed by atoms with Crippen LogP contribution in [0.15, 0.2) is 0 Å². The first kappa shape index (κ1) is 10.8. The molecule has 0 aliphatic carbocycles. The van der Waals surface area contributed by atoms with Crippen LogP contribution in [0.2, 0.25) is 0 Å². The van der Waals surface area contributed by atoms with Crippen LogP contribution < -0.4 is 5.32 Å². The molecule has 0 bridgehead atoms. The molecule has 0 amide bonds. The van der Waals surface area contributed by atoms with Crippen molar-refractivity contribution in [1.82, 2.24) is 9.36 Å². The van der Waals surface area contributed by atoms with Crippen LogP contribution in [0.4, 0.5) is 5.13 Å². The van der Waals surface area contributed by atoms with Crippen LogP contribution in [0.3, 0.4) is 0 Å². The topological polar surface area (TPSA) is 47.0 Å². The molecule has 0 radical (unpaired) electrons. The molecular formula is C10H17N3OS. The first-order chi connectivity index (χ1) is 7.22. The molecule has 1 saturated heterocycles. The summed E-state index contributed by atoms with van der Waals surface area (Å²) >= 11 is 1.43. The minimum atomic E-state index is -0.0158. The Morgan fingerprint density at radius 3 is 3.07 bits per heavy atom. The second-order valence-electron chi connectivity index (χ2n) is 4.12. The molecule has 2 heterocycles. The van der Waals surface area contributed by atoms with Crippen molar-refractivity contribution in [2.45, 2.75) is 38.7 Å². The Morgan fingerprint density at radius 1 is 1.60 bits per heavy atom. The van der Waals surface area contributed by atoms with Crippen LogP contribution in [0.5, 0.6) is 0 Å². The van der Waals surface area contributed by atoms with Gasteiger partial charge >= 0.3 is 0 Å². The molecule has 1 aromatic rings. The molecule has 2 rings (SSSR count). The third kappa shape index (κ3) is 2.66. The second-order valence-corrected chi connectivity index (χ2v) is 4.88. The minimum absolute atomic E-state index is 0.0158. The van der Waals surface area contributed by atoms with Crippen LogP contribution in [0, 0.1) is 0 Å². The van der Waals surface area contributed by atoms with E-state index in [0.29, 0.717) is 0 Å². The Hall–Kier alpha value is -0.680. The van der Waals surface area contributed by atoms with Gasteiger partial charge in [-0.2, -0.15) is 4.37 Å². The zero-order valence-electron chi connectivity index (χ0n) is 9.25. The summed E-state index contributed by atoms with van der Waals surface area (Å²) in [5.41, 5.74) is -0.0158. The maximum atomic E-state index is 5.69. The van der Waals surface area contributed by atoms with Crippen molar-refractivity contribution in [3.05, 3.63) is 5.82 Å². The van der Waals surface area contributed by atoms with E-state index in [9.17, 15) is 0 Å². The molecule has 84 valence electrons. The van der Waals surface area contributed by atoms with Crippen molar-refractivity contribution in [1.29, 1.82) is 0 Å². The van der Waals surface area contributed by atoms with Crippen molar-refractivity contribution in [3.8, 4) is 0 Å². The highest BCUT2D eigenvalue weighted by Gasteiger charge is 2.29. The molecule has 1 fully saturated rings. The number of aromatic nitrogens is 2. The molecular weight excluding hydrogens is 210 g/mol. The van der Waals surface area contributed by atoms with E-state index in [-0.39, 0.29) is 5.60 Å². The summed E-state index contributed by atoms with van der Waals surface area (Å²) < 4.78 is 9.92. The zero-order valence-corrected chi connectivity index (χ0v) is 10.1. The normalized spacial score (nSPS) is 25.7. The van der Waals surface area contributed by atoms with Gasteiger partial charge in [-0.3, -0.25) is 0 Å². The predicted molar refractivity (Wildman–Crippen MR) is 61.4 cm³/mol. The lowest BCUT2D eigenvalue weighted by atomic mass is 10.0. The Kier molecular flexibility index (Phi) is 3.21. The number of anilines is 1. The first-order valence-corrected chi connectivity index (χ1v) is 6.20. The molecule has 0 spiro atoms. The SMILES string of the molecule is CCc1nsc(NCC2(C)CCCO2)n1. The van der Waals surface area contributed by atoms with Crippen LogP contribution >= 0.6 is 11.5 Å². The lowest BCUT2D eigenvalue weighted by molar-refractivity contribution is 0.0315. The van der Waals surface area contributed by atoms with Gasteiger partial charge < -0.3 is 10.1 Å². The molecule has 5 heteroatoms. The molecule has 1 N–H and O–H groups in total. The minimum Gasteiger partial charge on any atom is -0.373 e. The van der Waals surface area contributed by atoms with Gasteiger partial charge in [-0.15, -0.1) is 0 Å². The Morgan fingerprint density at radius 2 is 2.47 bits per heavy atom. The summed E-state index contributed by atoms with van der Waals surface area (Å²) in [6, 6.07) is 0. The summed E-state index contributed by atoms with van der Waals surface area (Å²) in [4.78, 5) is 4.36. The largest absolute Gasteiger partial charge is 0.373 e. The number of hydrogen-bond acceptors (Lipinski definition) is 5. The van der Waals surface area contributed by atoms with Gasteiger partial charge in [0, 0.05) is 31.1 Å². The lowest BCUT2D eigenvalue weighted by Crippen LogP contribution is -2.32. The maximum absolute atomic E-state index is 5.69. The molecule has 4 nitrogen and oxygen atoms in total. The highest BCUT2D eigenvalue weighted by Crippen LogP contribution is 2.25. The fraction of sp³-hybridized carbons (Fsp3) is 0.800. The van der Waals surface area contributed by atoms with Gasteiger partial charge in [0.15, 0.2) is 0 Å². The summed E-state index contributed by atoms with van der Waals surface area (Å²) in [5, 5.41) is 4.21. The standard InChI is InChI=1S/C10H17N3OS/c1-3-8-12-9(15-13-8)11-7-10(2)5-4-6-14-10/h3-7H2,1-2H3,(H,11,12,13). The monoisotopic (exact) mass is 227 g/mol. The van der Waals surface area contributed by atoms with E-state index in [1.54, 1.807) is 0 Å². The number of nitrogens with zero attached hydrogens (tertiary/aromatic N) is 2. The fourth-order valence-electron chi connectivity index (χ4n) is 1.71. The van der Waals surface area contributed by atoms with E-state index >= 15 is 0 Å². The Bertz CT molecular complexity index is 320. The van der Waals surface area contributed by atoms with Crippen molar-refractivity contribution in [2.24, 2.45) is 0 Å². The number of rotatable bonds is 4. The van der Waals surface area contributed by atoms with Gasteiger partial charge in [0.1, 0.15) is 5.82 Å². The predicted octanol–water partition coefficient (Wildman–Crippen LogP) is 2.08. The number of ether oxygens (including phenoxy) is 1. The van der Waals surface area contributed by atoms with Gasteiger partial charge in [-0.25, -0.2) is 4.98 Å². The molecule has 1 aliphatic rings. The number of aryl methyl sites for hydroxylation is 1. The molecule has 1 aromatic heterocycles. The van der Waals surface area contributed by atoms with E-state index in [0.717, 1.165) is 43.4 Å². The lowest BCUT2D eigenvalue weighted by Gasteiger charge is -2.22. The van der Waals surface area contributed by atoms with Gasteiger partial charge in [0.2, 0.25) is 5.13 Å². The summed E-state index contributed by atoms with van der Waals surface area (Å²) in [6.45, 7) is 5.92. The van der Waals surface area contributed by atoms with Gasteiger partial charge in [0.05, 0.1) is 5.60 Å². The van der Waals surface area contributed by atoms with E-state index in [4.69, 9.17) is 4.74 Å². The summed E-state index contributed by atoms with van der Waals surface area (Å²) in [5.74, 6) is 0.917. The van der Waals surface area contributed by atoms with Crippen molar-refractivity contribution >= 4 is 16.7 Å². The van der Waals surface area contributed by atoms with E-state index in [2.05, 4.69) is 28.5 Å². The van der Waals surface area contributed by atoms with Crippen LogP contribution in [-0.4, -0.2) is 28.1 Å². The van der Waals surface area contributed by atoms with Crippen molar-refractivity contribution < 1.29 is 4.74 Å². The van der Waals surface area contributed by atoms with Gasteiger partial charge in [-0.05, 0) is 19.8 Å². The van der Waals surface area contributed by atoms with E-state index in [1.165, 1.54) is 11.5 Å². The third-order valence-corrected chi connectivity index (χ3v) is 3.41. The van der Waals surface area contributed by atoms with Crippen LogP contribution in [0.1, 0.15) is 32.5 Å². The third-order valence-electron chi connectivity index (χ3n) is 2.70. The highest BCUT2D eigenvalue weighted by atomic mass is 32.1. The quantitative estimate of drug-likeness (QED) is 0.855. The molecule has 1 atom stereocenters. The van der Waals surface area contributed by atoms with Gasteiger partial charge in [-0.1, -0.05) is 6.92 Å². The Labute approximate surface area is 94.2 Å². The highest BCUT2D eigenvalue weighted by molar-refractivity contribution is 7.09. The summed E-state index contributed by atoms with van der Waals surface area (Å²) in [7, 11) is 0. The molecule has 0 aromatic carbocycles. The number of hydrogen-bond donors (Lipinski definition) is 1. The van der Waals surface area contributed by atoms with Crippen LogP contribution in [0.25, 0.3) is 0 Å². The smallest absolute Gasteiger partial charge is 0.202 e. The molecule has 0 saturated carbocycles. The average molecular weight is 227 g/mol. The zero-order chi connectivity index (χ0) is 10.7. The van der Waals surface area contributed by atoms with Crippen molar-refractivity contribution in [3.63, 3.8) is 0 Å². The molecule has 1 unspecified atom stereocenters. The Balaban J connectivity index is 1.87. The molecule has 15 heavy (non-hydrogen) atoms.